The van der Waals surface area contributed by atoms with Crippen LogP contribution in [0.5, 0.6) is 5.75 Å². The third kappa shape index (κ3) is 4.38. The summed E-state index contributed by atoms with van der Waals surface area (Å²) in [4.78, 5) is 31.7. The van der Waals surface area contributed by atoms with E-state index in [1.54, 1.807) is 36.6 Å². The van der Waals surface area contributed by atoms with E-state index in [1.807, 2.05) is 30.3 Å². The van der Waals surface area contributed by atoms with Crippen molar-refractivity contribution in [1.29, 1.82) is 0 Å². The Morgan fingerprint density at radius 3 is 2.50 bits per heavy atom. The zero-order valence-corrected chi connectivity index (χ0v) is 20.0. The van der Waals surface area contributed by atoms with Crippen molar-refractivity contribution in [3.05, 3.63) is 118 Å². The number of carbonyl (C=O) groups excluding carboxylic acids is 2. The van der Waals surface area contributed by atoms with Gasteiger partial charge in [-0.3, -0.25) is 14.5 Å². The summed E-state index contributed by atoms with van der Waals surface area (Å²) in [6.07, 6.45) is 1.53. The third-order valence-corrected chi connectivity index (χ3v) is 6.73. The first-order valence-corrected chi connectivity index (χ1v) is 12.1. The van der Waals surface area contributed by atoms with Crippen LogP contribution < -0.4 is 9.64 Å². The van der Waals surface area contributed by atoms with E-state index in [2.05, 4.69) is 4.98 Å². The summed E-state index contributed by atoms with van der Waals surface area (Å²) < 4.78 is 20.1. The van der Waals surface area contributed by atoms with Crippen molar-refractivity contribution in [3.8, 4) is 5.75 Å². The number of aliphatic hydroxyl groups is 1. The molecule has 0 saturated carbocycles. The molecule has 36 heavy (non-hydrogen) atoms. The van der Waals surface area contributed by atoms with Gasteiger partial charge >= 0.3 is 5.91 Å². The van der Waals surface area contributed by atoms with Gasteiger partial charge in [0.25, 0.3) is 5.78 Å². The molecule has 0 unspecified atom stereocenters. The highest BCUT2D eigenvalue weighted by molar-refractivity contribution is 7.14. The second-order valence-electron chi connectivity index (χ2n) is 8.29. The molecule has 1 amide bonds. The van der Waals surface area contributed by atoms with E-state index in [-0.39, 0.29) is 11.1 Å². The number of halogens is 1. The molecule has 1 saturated heterocycles. The second kappa shape index (κ2) is 9.75. The van der Waals surface area contributed by atoms with Crippen molar-refractivity contribution in [3.63, 3.8) is 0 Å². The molecule has 1 atom stereocenters. The van der Waals surface area contributed by atoms with Gasteiger partial charge in [0.05, 0.1) is 11.6 Å². The minimum atomic E-state index is -0.941. The summed E-state index contributed by atoms with van der Waals surface area (Å²) in [5, 5.41) is 13.1. The molecule has 4 aromatic rings. The summed E-state index contributed by atoms with van der Waals surface area (Å²) in [6.45, 7) is 1.98. The van der Waals surface area contributed by atoms with Crippen LogP contribution in [-0.4, -0.2) is 21.8 Å². The zero-order valence-electron chi connectivity index (χ0n) is 19.2. The number of aromatic nitrogens is 1. The van der Waals surface area contributed by atoms with Gasteiger partial charge in [-0.05, 0) is 41.8 Å². The van der Waals surface area contributed by atoms with E-state index in [0.717, 1.165) is 11.6 Å². The molecular formula is C28H21FN2O4S. The van der Waals surface area contributed by atoms with Crippen LogP contribution in [0.15, 0.2) is 89.9 Å². The smallest absolute Gasteiger partial charge is 0.301 e. The standard InChI is InChI=1S/C28H21FN2O4S/c1-17-7-8-20(15-22(17)29)25(32)23-24(31(27(34)26(23)33)28-30-13-14-36-28)19-9-11-21(12-10-19)35-16-18-5-3-2-4-6-18/h2-15,24,32H,16H2,1H3/t24-/m0/s1. The summed E-state index contributed by atoms with van der Waals surface area (Å²) >= 11 is 1.20. The summed E-state index contributed by atoms with van der Waals surface area (Å²) in [5.41, 5.74) is 1.98. The zero-order chi connectivity index (χ0) is 25.2. The van der Waals surface area contributed by atoms with Gasteiger partial charge in [0, 0.05) is 17.1 Å². The van der Waals surface area contributed by atoms with Gasteiger partial charge in [-0.1, -0.05) is 54.6 Å². The quantitative estimate of drug-likeness (QED) is 0.206. The summed E-state index contributed by atoms with van der Waals surface area (Å²) in [6, 6.07) is 19.9. The van der Waals surface area contributed by atoms with Gasteiger partial charge < -0.3 is 9.84 Å². The minimum absolute atomic E-state index is 0.114. The molecule has 3 aromatic carbocycles. The molecule has 8 heteroatoms. The maximum Gasteiger partial charge on any atom is 0.301 e. The molecule has 1 aromatic heterocycles. The number of Topliss-reactive ketones (excluding diaryl/α,β-unsaturated/α-hetero) is 1. The number of benzene rings is 3. The predicted octanol–water partition coefficient (Wildman–Crippen LogP) is 5.80. The highest BCUT2D eigenvalue weighted by Crippen LogP contribution is 2.43. The van der Waals surface area contributed by atoms with E-state index >= 15 is 0 Å². The summed E-state index contributed by atoms with van der Waals surface area (Å²) in [5.74, 6) is -2.04. The lowest BCUT2D eigenvalue weighted by Gasteiger charge is -2.23. The monoisotopic (exact) mass is 500 g/mol. The maximum absolute atomic E-state index is 14.2. The Kier molecular flexibility index (Phi) is 6.35. The van der Waals surface area contributed by atoms with Crippen LogP contribution >= 0.6 is 11.3 Å². The maximum atomic E-state index is 14.2. The number of thiazole rings is 1. The number of nitrogens with zero attached hydrogens (tertiary/aromatic N) is 2. The average Bonchev–Trinajstić information content (AvgIpc) is 3.51. The second-order valence-corrected chi connectivity index (χ2v) is 9.16. The van der Waals surface area contributed by atoms with Crippen molar-refractivity contribution >= 4 is 33.9 Å². The number of rotatable bonds is 6. The van der Waals surface area contributed by atoms with Crippen molar-refractivity contribution in [1.82, 2.24) is 4.98 Å². The van der Waals surface area contributed by atoms with E-state index < -0.39 is 29.3 Å². The van der Waals surface area contributed by atoms with Crippen LogP contribution in [0.3, 0.4) is 0 Å². The largest absolute Gasteiger partial charge is 0.507 e. The number of aliphatic hydroxyl groups excluding tert-OH is 1. The van der Waals surface area contributed by atoms with Gasteiger partial charge in [0.1, 0.15) is 23.9 Å². The fraction of sp³-hybridized carbons (Fsp3) is 0.107. The van der Waals surface area contributed by atoms with Crippen LogP contribution in [-0.2, 0) is 16.2 Å². The first kappa shape index (κ1) is 23.4. The molecule has 0 aliphatic carbocycles. The van der Waals surface area contributed by atoms with Crippen molar-refractivity contribution in [2.24, 2.45) is 0 Å². The van der Waals surface area contributed by atoms with E-state index in [0.29, 0.717) is 28.6 Å². The highest BCUT2D eigenvalue weighted by Gasteiger charge is 2.48. The first-order chi connectivity index (χ1) is 17.4. The fourth-order valence-corrected chi connectivity index (χ4v) is 4.73. The SMILES string of the molecule is Cc1ccc(C(O)=C2C(=O)C(=O)N(c3nccs3)[C@H]2c2ccc(OCc3ccccc3)cc2)cc1F. The van der Waals surface area contributed by atoms with Crippen LogP contribution in [0.25, 0.3) is 5.76 Å². The van der Waals surface area contributed by atoms with E-state index in [4.69, 9.17) is 4.74 Å². The van der Waals surface area contributed by atoms with Crippen molar-refractivity contribution in [2.45, 2.75) is 19.6 Å². The van der Waals surface area contributed by atoms with Crippen LogP contribution in [0, 0.1) is 12.7 Å². The van der Waals surface area contributed by atoms with Crippen molar-refractivity contribution < 1.29 is 23.8 Å². The number of ether oxygens (including phenoxy) is 1. The van der Waals surface area contributed by atoms with Crippen LogP contribution in [0.1, 0.15) is 28.3 Å². The lowest BCUT2D eigenvalue weighted by Crippen LogP contribution is -2.29. The molecule has 5 rings (SSSR count). The molecule has 1 aliphatic rings. The highest BCUT2D eigenvalue weighted by atomic mass is 32.1. The Bertz CT molecular complexity index is 1450. The molecule has 6 nitrogen and oxygen atoms in total. The molecule has 0 bridgehead atoms. The topological polar surface area (TPSA) is 79.7 Å². The van der Waals surface area contributed by atoms with Crippen LogP contribution in [0.4, 0.5) is 9.52 Å². The molecule has 2 heterocycles. The number of amides is 1. The van der Waals surface area contributed by atoms with Gasteiger partial charge in [-0.25, -0.2) is 9.37 Å². The van der Waals surface area contributed by atoms with Crippen molar-refractivity contribution in [2.75, 3.05) is 4.90 Å². The third-order valence-electron chi connectivity index (χ3n) is 5.96. The number of aryl methyl sites for hydroxylation is 1. The number of hydrogen-bond donors (Lipinski definition) is 1. The number of hydrogen-bond acceptors (Lipinski definition) is 6. The van der Waals surface area contributed by atoms with Gasteiger partial charge in [-0.15, -0.1) is 11.3 Å². The number of carbonyl (C=O) groups is 2. The molecule has 0 spiro atoms. The Morgan fingerprint density at radius 2 is 1.83 bits per heavy atom. The fourth-order valence-electron chi connectivity index (χ4n) is 4.06. The Balaban J connectivity index is 1.54. The Hall–Kier alpha value is -4.30. The van der Waals surface area contributed by atoms with Gasteiger partial charge in [0.2, 0.25) is 0 Å². The minimum Gasteiger partial charge on any atom is -0.507 e. The van der Waals surface area contributed by atoms with Crippen LogP contribution in [0.2, 0.25) is 0 Å². The molecule has 1 N–H and O–H groups in total. The molecule has 1 fully saturated rings. The number of anilines is 1. The van der Waals surface area contributed by atoms with Gasteiger partial charge in [-0.2, -0.15) is 0 Å². The normalized spacial score (nSPS) is 16.9. The van der Waals surface area contributed by atoms with E-state index in [9.17, 15) is 19.1 Å². The predicted molar refractivity (Wildman–Crippen MR) is 135 cm³/mol. The van der Waals surface area contributed by atoms with Gasteiger partial charge in [0.15, 0.2) is 5.13 Å². The first-order valence-electron chi connectivity index (χ1n) is 11.2. The number of ketones is 1. The Morgan fingerprint density at radius 1 is 1.08 bits per heavy atom. The lowest BCUT2D eigenvalue weighted by molar-refractivity contribution is -0.132. The summed E-state index contributed by atoms with van der Waals surface area (Å²) in [7, 11) is 0. The molecule has 180 valence electrons. The molecular weight excluding hydrogens is 479 g/mol. The average molecular weight is 501 g/mol. The lowest BCUT2D eigenvalue weighted by atomic mass is 9.95. The van der Waals surface area contributed by atoms with E-state index in [1.165, 1.54) is 34.6 Å². The Labute approximate surface area is 210 Å². The molecule has 1 aliphatic heterocycles. The molecule has 0 radical (unpaired) electrons.